The average Bonchev–Trinajstić information content (AvgIpc) is 2.42. The highest BCUT2D eigenvalue weighted by atomic mass is 16.2. The summed E-state index contributed by atoms with van der Waals surface area (Å²) in [6.45, 7) is 5.98. The number of rotatable bonds is 6. The van der Waals surface area contributed by atoms with Gasteiger partial charge < -0.3 is 9.80 Å². The van der Waals surface area contributed by atoms with Gasteiger partial charge >= 0.3 is 0 Å². The molecule has 0 bridgehead atoms. The van der Waals surface area contributed by atoms with Crippen molar-refractivity contribution in [3.63, 3.8) is 0 Å². The van der Waals surface area contributed by atoms with Crippen LogP contribution in [0.1, 0.15) is 13.3 Å². The number of para-hydroxylation sites is 1. The van der Waals surface area contributed by atoms with Gasteiger partial charge in [0.15, 0.2) is 0 Å². The Morgan fingerprint density at radius 2 is 1.89 bits per heavy atom. The molecule has 1 rings (SSSR count). The largest absolute Gasteiger partial charge is 0.339 e. The second-order valence-electron chi connectivity index (χ2n) is 4.29. The van der Waals surface area contributed by atoms with E-state index in [0.717, 1.165) is 5.69 Å². The Balaban J connectivity index is 2.55. The molecule has 0 fully saturated rings. The number of amides is 2. The molecule has 0 heterocycles. The first kappa shape index (κ1) is 15.0. The molecule has 0 spiro atoms. The molecule has 0 N–H and O–H groups in total. The summed E-state index contributed by atoms with van der Waals surface area (Å²) in [5.74, 6) is -0.0587. The van der Waals surface area contributed by atoms with Crippen molar-refractivity contribution in [3.8, 4) is 0 Å². The Hall–Kier alpha value is -2.10. The van der Waals surface area contributed by atoms with Crippen molar-refractivity contribution >= 4 is 17.5 Å². The zero-order chi connectivity index (χ0) is 14.3. The van der Waals surface area contributed by atoms with Gasteiger partial charge in [0.05, 0.1) is 0 Å². The maximum atomic E-state index is 12.0. The molecule has 0 aliphatic heterocycles. The molecule has 4 heteroatoms. The first-order chi connectivity index (χ1) is 9.06. The third-order valence-electron chi connectivity index (χ3n) is 2.91. The Kier molecular flexibility index (Phi) is 5.79. The molecule has 0 saturated carbocycles. The smallest absolute Gasteiger partial charge is 0.228 e. The summed E-state index contributed by atoms with van der Waals surface area (Å²) >= 11 is 0. The molecule has 0 aliphatic rings. The highest BCUT2D eigenvalue weighted by molar-refractivity contribution is 5.93. The summed E-state index contributed by atoms with van der Waals surface area (Å²) in [5.41, 5.74) is 0.852. The number of carbonyl (C=O) groups is 2. The van der Waals surface area contributed by atoms with Gasteiger partial charge in [0.25, 0.3) is 0 Å². The SMILES string of the molecule is C=CCN(CCC(=O)N(C)c1ccccc1)C(C)=O. The molecule has 102 valence electrons. The molecule has 2 amide bonds. The molecule has 1 aromatic carbocycles. The highest BCUT2D eigenvalue weighted by Crippen LogP contribution is 2.12. The molecule has 0 saturated heterocycles. The van der Waals surface area contributed by atoms with Gasteiger partial charge in [-0.2, -0.15) is 0 Å². The van der Waals surface area contributed by atoms with Crippen LogP contribution in [0.15, 0.2) is 43.0 Å². The number of anilines is 1. The monoisotopic (exact) mass is 260 g/mol. The van der Waals surface area contributed by atoms with Crippen molar-refractivity contribution < 1.29 is 9.59 Å². The summed E-state index contributed by atoms with van der Waals surface area (Å²) < 4.78 is 0. The van der Waals surface area contributed by atoms with Crippen LogP contribution in [0.5, 0.6) is 0 Å². The molecular formula is C15H20N2O2. The molecule has 0 atom stereocenters. The molecule has 0 unspecified atom stereocenters. The predicted molar refractivity (Wildman–Crippen MR) is 76.9 cm³/mol. The van der Waals surface area contributed by atoms with E-state index in [2.05, 4.69) is 6.58 Å². The van der Waals surface area contributed by atoms with Crippen molar-refractivity contribution in [1.29, 1.82) is 0 Å². The minimum atomic E-state index is -0.0462. The fourth-order valence-electron chi connectivity index (χ4n) is 1.73. The molecule has 0 radical (unpaired) electrons. The fraction of sp³-hybridized carbons (Fsp3) is 0.333. The van der Waals surface area contributed by atoms with Crippen molar-refractivity contribution in [1.82, 2.24) is 4.90 Å². The maximum Gasteiger partial charge on any atom is 0.228 e. The first-order valence-corrected chi connectivity index (χ1v) is 6.24. The summed E-state index contributed by atoms with van der Waals surface area (Å²) in [7, 11) is 1.74. The van der Waals surface area contributed by atoms with Gasteiger partial charge in [0.2, 0.25) is 11.8 Å². The van der Waals surface area contributed by atoms with Gasteiger partial charge in [-0.15, -0.1) is 6.58 Å². The molecular weight excluding hydrogens is 240 g/mol. The van der Waals surface area contributed by atoms with Crippen LogP contribution in [0.25, 0.3) is 0 Å². The lowest BCUT2D eigenvalue weighted by molar-refractivity contribution is -0.128. The second kappa shape index (κ2) is 7.36. The van der Waals surface area contributed by atoms with E-state index in [0.29, 0.717) is 19.5 Å². The average molecular weight is 260 g/mol. The minimum absolute atomic E-state index is 0.0125. The van der Waals surface area contributed by atoms with Crippen LogP contribution in [-0.4, -0.2) is 36.9 Å². The van der Waals surface area contributed by atoms with Crippen LogP contribution in [0.4, 0.5) is 5.69 Å². The summed E-state index contributed by atoms with van der Waals surface area (Å²) in [6, 6.07) is 9.44. The molecule has 19 heavy (non-hydrogen) atoms. The van der Waals surface area contributed by atoms with Gasteiger partial charge in [0.1, 0.15) is 0 Å². The summed E-state index contributed by atoms with van der Waals surface area (Å²) in [4.78, 5) is 26.6. The Labute approximate surface area is 114 Å². The van der Waals surface area contributed by atoms with Crippen molar-refractivity contribution in [3.05, 3.63) is 43.0 Å². The van der Waals surface area contributed by atoms with E-state index >= 15 is 0 Å². The number of carbonyl (C=O) groups excluding carboxylic acids is 2. The predicted octanol–water partition coefficient (Wildman–Crippen LogP) is 2.07. The number of hydrogen-bond acceptors (Lipinski definition) is 2. The first-order valence-electron chi connectivity index (χ1n) is 6.24. The van der Waals surface area contributed by atoms with Crippen molar-refractivity contribution in [2.24, 2.45) is 0 Å². The molecule has 0 aromatic heterocycles. The maximum absolute atomic E-state index is 12.0. The lowest BCUT2D eigenvalue weighted by Crippen LogP contribution is -2.34. The Morgan fingerprint density at radius 3 is 2.42 bits per heavy atom. The van der Waals surface area contributed by atoms with Gasteiger partial charge in [-0.05, 0) is 12.1 Å². The van der Waals surface area contributed by atoms with Crippen LogP contribution in [0.3, 0.4) is 0 Å². The number of nitrogens with zero attached hydrogens (tertiary/aromatic N) is 2. The van der Waals surface area contributed by atoms with Crippen LogP contribution in [0.2, 0.25) is 0 Å². The normalized spacial score (nSPS) is 9.79. The molecule has 0 aliphatic carbocycles. The van der Waals surface area contributed by atoms with Gasteiger partial charge in [-0.25, -0.2) is 0 Å². The second-order valence-corrected chi connectivity index (χ2v) is 4.29. The van der Waals surface area contributed by atoms with Crippen LogP contribution in [0, 0.1) is 0 Å². The third-order valence-corrected chi connectivity index (χ3v) is 2.91. The van der Waals surface area contributed by atoms with Crippen LogP contribution < -0.4 is 4.90 Å². The topological polar surface area (TPSA) is 40.6 Å². The van der Waals surface area contributed by atoms with Crippen molar-refractivity contribution in [2.45, 2.75) is 13.3 Å². The van der Waals surface area contributed by atoms with Crippen LogP contribution in [-0.2, 0) is 9.59 Å². The highest BCUT2D eigenvalue weighted by Gasteiger charge is 2.13. The van der Waals surface area contributed by atoms with Gasteiger partial charge in [-0.1, -0.05) is 24.3 Å². The lowest BCUT2D eigenvalue weighted by atomic mass is 10.2. The van der Waals surface area contributed by atoms with E-state index in [1.54, 1.807) is 22.9 Å². The zero-order valence-electron chi connectivity index (χ0n) is 11.5. The standard InChI is InChI=1S/C15H20N2O2/c1-4-11-17(13(2)18)12-10-15(19)16(3)14-8-6-5-7-9-14/h4-9H,1,10-12H2,2-3H3. The van der Waals surface area contributed by atoms with Gasteiger partial charge in [0, 0.05) is 39.2 Å². The third kappa shape index (κ3) is 4.58. The van der Waals surface area contributed by atoms with E-state index < -0.39 is 0 Å². The van der Waals surface area contributed by atoms with E-state index in [-0.39, 0.29) is 11.8 Å². The summed E-state index contributed by atoms with van der Waals surface area (Å²) in [6.07, 6.45) is 1.96. The fourth-order valence-corrected chi connectivity index (χ4v) is 1.73. The quantitative estimate of drug-likeness (QED) is 0.735. The van der Waals surface area contributed by atoms with E-state index in [4.69, 9.17) is 0 Å². The van der Waals surface area contributed by atoms with Crippen LogP contribution >= 0.6 is 0 Å². The summed E-state index contributed by atoms with van der Waals surface area (Å²) in [5, 5.41) is 0. The number of benzene rings is 1. The minimum Gasteiger partial charge on any atom is -0.339 e. The zero-order valence-corrected chi connectivity index (χ0v) is 11.5. The van der Waals surface area contributed by atoms with Crippen molar-refractivity contribution in [2.75, 3.05) is 25.0 Å². The van der Waals surface area contributed by atoms with E-state index in [1.807, 2.05) is 30.3 Å². The lowest BCUT2D eigenvalue weighted by Gasteiger charge is -2.22. The van der Waals surface area contributed by atoms with E-state index in [9.17, 15) is 9.59 Å². The molecule has 4 nitrogen and oxygen atoms in total. The Bertz CT molecular complexity index is 443. The van der Waals surface area contributed by atoms with Gasteiger partial charge in [-0.3, -0.25) is 9.59 Å². The Morgan fingerprint density at radius 1 is 1.26 bits per heavy atom. The number of hydrogen-bond donors (Lipinski definition) is 0. The van der Waals surface area contributed by atoms with E-state index in [1.165, 1.54) is 6.92 Å². The molecule has 1 aromatic rings.